The number of rotatable bonds is 5. The summed E-state index contributed by atoms with van der Waals surface area (Å²) in [5, 5.41) is 2.88. The van der Waals surface area contributed by atoms with Crippen LogP contribution in [0.2, 0.25) is 5.02 Å². The summed E-state index contributed by atoms with van der Waals surface area (Å²) in [6, 6.07) is 19.5. The third-order valence-electron chi connectivity index (χ3n) is 7.00. The summed E-state index contributed by atoms with van der Waals surface area (Å²) in [6.07, 6.45) is 0. The largest absolute Gasteiger partial charge is 0.325 e. The molecule has 3 aromatic carbocycles. The molecule has 0 saturated carbocycles. The number of nitrogens with zero attached hydrogens (tertiary/aromatic N) is 2. The number of amides is 3. The average molecular weight is 594 g/mol. The van der Waals surface area contributed by atoms with Gasteiger partial charge in [0.15, 0.2) is 0 Å². The summed E-state index contributed by atoms with van der Waals surface area (Å²) in [4.78, 5) is 55.2. The Bertz CT molecular complexity index is 1700. The van der Waals surface area contributed by atoms with Crippen molar-refractivity contribution in [3.05, 3.63) is 109 Å². The Balaban J connectivity index is 1.40. The number of thioether (sulfide) groups is 1. The van der Waals surface area contributed by atoms with Gasteiger partial charge in [0, 0.05) is 21.5 Å². The number of carbonyl (C=O) groups is 3. The molecule has 7 nitrogen and oxygen atoms in total. The van der Waals surface area contributed by atoms with Crippen molar-refractivity contribution < 1.29 is 18.8 Å². The van der Waals surface area contributed by atoms with Crippen LogP contribution in [-0.2, 0) is 20.9 Å². The van der Waals surface area contributed by atoms with E-state index in [1.165, 1.54) is 33.7 Å². The van der Waals surface area contributed by atoms with Gasteiger partial charge in [0.1, 0.15) is 17.6 Å². The molecule has 40 heavy (non-hydrogen) atoms. The van der Waals surface area contributed by atoms with E-state index in [4.69, 9.17) is 11.6 Å². The van der Waals surface area contributed by atoms with Crippen molar-refractivity contribution in [2.24, 2.45) is 5.92 Å². The second-order valence-electron chi connectivity index (χ2n) is 9.62. The number of benzene rings is 3. The summed E-state index contributed by atoms with van der Waals surface area (Å²) < 4.78 is 14.6. The van der Waals surface area contributed by atoms with Gasteiger partial charge < -0.3 is 5.32 Å². The minimum atomic E-state index is -0.789. The fourth-order valence-corrected chi connectivity index (χ4v) is 8.01. The summed E-state index contributed by atoms with van der Waals surface area (Å²) in [5.74, 6) is -2.93. The summed E-state index contributed by atoms with van der Waals surface area (Å²) in [5.41, 5.74) is 2.63. The van der Waals surface area contributed by atoms with E-state index >= 15 is 0 Å². The molecule has 0 unspecified atom stereocenters. The first-order valence-electron chi connectivity index (χ1n) is 12.4. The van der Waals surface area contributed by atoms with Crippen molar-refractivity contribution in [1.29, 1.82) is 0 Å². The van der Waals surface area contributed by atoms with Crippen LogP contribution < -0.4 is 15.1 Å². The molecule has 0 aliphatic carbocycles. The molecular formula is C29H21ClFN3O4S2. The number of aryl methyl sites for hydroxylation is 1. The Labute approximate surface area is 241 Å². The molecule has 1 fully saturated rings. The Morgan fingerprint density at radius 1 is 0.950 bits per heavy atom. The van der Waals surface area contributed by atoms with Crippen molar-refractivity contribution in [1.82, 2.24) is 4.57 Å². The fraction of sp³-hybridized carbons (Fsp3) is 0.172. The molecule has 1 saturated heterocycles. The highest BCUT2D eigenvalue weighted by molar-refractivity contribution is 8.00. The van der Waals surface area contributed by atoms with Crippen molar-refractivity contribution in [2.75, 3.05) is 10.2 Å². The highest BCUT2D eigenvalue weighted by atomic mass is 35.5. The van der Waals surface area contributed by atoms with E-state index in [0.29, 0.717) is 26.3 Å². The number of anilines is 2. The lowest BCUT2D eigenvalue weighted by Crippen LogP contribution is -2.33. The van der Waals surface area contributed by atoms with Crippen molar-refractivity contribution >= 4 is 63.8 Å². The molecule has 1 aromatic heterocycles. The highest BCUT2D eigenvalue weighted by Gasteiger charge is 2.56. The lowest BCUT2D eigenvalue weighted by Gasteiger charge is -2.30. The second-order valence-corrected chi connectivity index (χ2v) is 12.2. The predicted molar refractivity (Wildman–Crippen MR) is 154 cm³/mol. The van der Waals surface area contributed by atoms with Gasteiger partial charge in [-0.25, -0.2) is 9.29 Å². The molecule has 6 rings (SSSR count). The Morgan fingerprint density at radius 2 is 1.62 bits per heavy atom. The van der Waals surface area contributed by atoms with Crippen LogP contribution >= 0.6 is 34.7 Å². The molecule has 2 aliphatic rings. The molecule has 1 N–H and O–H groups in total. The lowest BCUT2D eigenvalue weighted by atomic mass is 9.83. The normalized spacial score (nSPS) is 19.9. The van der Waals surface area contributed by atoms with Crippen molar-refractivity contribution in [2.45, 2.75) is 29.7 Å². The molecule has 202 valence electrons. The number of hydrogen-bond donors (Lipinski definition) is 1. The van der Waals surface area contributed by atoms with Gasteiger partial charge in [-0.1, -0.05) is 64.5 Å². The van der Waals surface area contributed by atoms with E-state index in [2.05, 4.69) is 5.32 Å². The van der Waals surface area contributed by atoms with Crippen molar-refractivity contribution in [3.8, 4) is 0 Å². The van der Waals surface area contributed by atoms with Gasteiger partial charge in [-0.3, -0.25) is 23.7 Å². The average Bonchev–Trinajstić information content (AvgIpc) is 3.37. The van der Waals surface area contributed by atoms with E-state index in [1.54, 1.807) is 36.4 Å². The van der Waals surface area contributed by atoms with Gasteiger partial charge in [-0.15, -0.1) is 0 Å². The summed E-state index contributed by atoms with van der Waals surface area (Å²) >= 11 is 8.25. The minimum Gasteiger partial charge on any atom is -0.325 e. The van der Waals surface area contributed by atoms with Gasteiger partial charge in [0.25, 0.3) is 0 Å². The third-order valence-corrected chi connectivity index (χ3v) is 9.86. The van der Waals surface area contributed by atoms with E-state index in [9.17, 15) is 23.6 Å². The third kappa shape index (κ3) is 4.66. The van der Waals surface area contributed by atoms with Gasteiger partial charge in [0.05, 0.1) is 16.6 Å². The molecule has 3 amide bonds. The number of aromatic nitrogens is 1. The standard InChI is InChI=1S/C29H21ClFN3O4S2/c1-15-2-12-20(13-3-15)34-26(36)23-22(16-4-6-17(30)7-5-16)25-28(39-24(23)27(34)37)33(29(38)40-25)14-21(35)32-19-10-8-18(31)9-11-19/h2-13,22-24H,14H2,1H3,(H,32,35)/t22-,23+,24-/m0/s1. The number of nitrogens with one attached hydrogen (secondary N) is 1. The SMILES string of the molecule is Cc1ccc(N2C(=O)[C@@H]3[C@H](c4ccc(Cl)cc4)c4sc(=O)n(CC(=O)Nc5ccc(F)cc5)c4S[C@@H]3C2=O)cc1. The molecule has 4 aromatic rings. The first-order chi connectivity index (χ1) is 19.2. The Morgan fingerprint density at radius 3 is 2.30 bits per heavy atom. The van der Waals surface area contributed by atoms with Crippen LogP contribution in [-0.4, -0.2) is 27.5 Å². The molecule has 3 atom stereocenters. The monoisotopic (exact) mass is 593 g/mol. The van der Waals surface area contributed by atoms with Gasteiger partial charge in [0.2, 0.25) is 17.7 Å². The first kappa shape index (κ1) is 26.5. The summed E-state index contributed by atoms with van der Waals surface area (Å²) in [7, 11) is 0. The van der Waals surface area contributed by atoms with E-state index in [-0.39, 0.29) is 23.2 Å². The molecular weight excluding hydrogens is 573 g/mol. The predicted octanol–water partition coefficient (Wildman–Crippen LogP) is 5.45. The smallest absolute Gasteiger partial charge is 0.308 e. The fourth-order valence-electron chi connectivity index (χ4n) is 5.11. The molecule has 0 spiro atoms. The number of hydrogen-bond acceptors (Lipinski definition) is 6. The van der Waals surface area contributed by atoms with Crippen LogP contribution in [0.15, 0.2) is 82.6 Å². The zero-order valence-corrected chi connectivity index (χ0v) is 23.4. The van der Waals surface area contributed by atoms with Crippen LogP contribution in [0.25, 0.3) is 0 Å². The van der Waals surface area contributed by atoms with E-state index in [1.807, 2.05) is 19.1 Å². The van der Waals surface area contributed by atoms with Crippen LogP contribution in [0.3, 0.4) is 0 Å². The maximum Gasteiger partial charge on any atom is 0.308 e. The maximum atomic E-state index is 13.9. The number of fused-ring (bicyclic) bond motifs is 2. The zero-order valence-electron chi connectivity index (χ0n) is 21.0. The lowest BCUT2D eigenvalue weighted by molar-refractivity contribution is -0.122. The van der Waals surface area contributed by atoms with Gasteiger partial charge in [-0.2, -0.15) is 0 Å². The highest BCUT2D eigenvalue weighted by Crippen LogP contribution is 2.53. The number of carbonyl (C=O) groups excluding carboxylic acids is 3. The molecule has 0 radical (unpaired) electrons. The second kappa shape index (κ2) is 10.3. The van der Waals surface area contributed by atoms with Gasteiger partial charge in [-0.05, 0) is 61.0 Å². The van der Waals surface area contributed by atoms with E-state index in [0.717, 1.165) is 34.2 Å². The van der Waals surface area contributed by atoms with Crippen LogP contribution in [0.5, 0.6) is 0 Å². The number of imide groups is 1. The van der Waals surface area contributed by atoms with Gasteiger partial charge >= 0.3 is 4.87 Å². The topological polar surface area (TPSA) is 88.5 Å². The minimum absolute atomic E-state index is 0.302. The number of halogens is 2. The number of thiazole rings is 1. The Kier molecular flexibility index (Phi) is 6.85. The zero-order chi connectivity index (χ0) is 28.1. The van der Waals surface area contributed by atoms with Crippen LogP contribution in [0, 0.1) is 18.7 Å². The molecule has 0 bridgehead atoms. The van der Waals surface area contributed by atoms with Crippen LogP contribution in [0.1, 0.15) is 21.9 Å². The van der Waals surface area contributed by atoms with E-state index < -0.39 is 28.8 Å². The molecule has 11 heteroatoms. The quantitative estimate of drug-likeness (QED) is 0.311. The Hall–Kier alpha value is -3.73. The maximum absolute atomic E-state index is 13.9. The first-order valence-corrected chi connectivity index (χ1v) is 14.4. The molecule has 3 heterocycles. The summed E-state index contributed by atoms with van der Waals surface area (Å²) in [6.45, 7) is 1.62. The van der Waals surface area contributed by atoms with Crippen molar-refractivity contribution in [3.63, 3.8) is 0 Å². The van der Waals surface area contributed by atoms with Crippen LogP contribution in [0.4, 0.5) is 15.8 Å². The molecule has 2 aliphatic heterocycles.